The lowest BCUT2D eigenvalue weighted by Crippen LogP contribution is -2.37. The van der Waals surface area contributed by atoms with E-state index >= 15 is 0 Å². The molecule has 0 aliphatic rings. The SMILES string of the molecule is NC(=O)C(CF)CC(N)C(=O)O. The summed E-state index contributed by atoms with van der Waals surface area (Å²) >= 11 is 0. The minimum atomic E-state index is -1.27. The lowest BCUT2D eigenvalue weighted by atomic mass is 10.0. The molecule has 70 valence electrons. The van der Waals surface area contributed by atoms with E-state index in [-0.39, 0.29) is 6.42 Å². The molecule has 0 aliphatic carbocycles. The number of hydrogen-bond acceptors (Lipinski definition) is 3. The van der Waals surface area contributed by atoms with Crippen molar-refractivity contribution in [1.29, 1.82) is 0 Å². The Morgan fingerprint density at radius 2 is 2.00 bits per heavy atom. The zero-order valence-corrected chi connectivity index (χ0v) is 6.37. The largest absolute Gasteiger partial charge is 0.480 e. The van der Waals surface area contributed by atoms with Crippen molar-refractivity contribution in [2.75, 3.05) is 6.67 Å². The number of aliphatic carboxylic acids is 1. The van der Waals surface area contributed by atoms with Gasteiger partial charge in [-0.2, -0.15) is 0 Å². The van der Waals surface area contributed by atoms with Crippen LogP contribution >= 0.6 is 0 Å². The van der Waals surface area contributed by atoms with E-state index in [9.17, 15) is 14.0 Å². The van der Waals surface area contributed by atoms with Crippen LogP contribution in [0.3, 0.4) is 0 Å². The second-order valence-corrected chi connectivity index (χ2v) is 2.43. The summed E-state index contributed by atoms with van der Waals surface area (Å²) in [6.45, 7) is -0.976. The summed E-state index contributed by atoms with van der Waals surface area (Å²) in [5.74, 6) is -3.24. The zero-order valence-electron chi connectivity index (χ0n) is 6.37. The fraction of sp³-hybridized carbons (Fsp3) is 0.667. The maximum absolute atomic E-state index is 12.0. The summed E-state index contributed by atoms with van der Waals surface area (Å²) < 4.78 is 12.0. The molecule has 5 nitrogen and oxygen atoms in total. The molecule has 2 unspecified atom stereocenters. The first-order chi connectivity index (χ1) is 5.49. The minimum Gasteiger partial charge on any atom is -0.480 e. The van der Waals surface area contributed by atoms with Gasteiger partial charge in [-0.05, 0) is 6.42 Å². The molecule has 0 aromatic rings. The highest BCUT2D eigenvalue weighted by molar-refractivity contribution is 5.79. The Morgan fingerprint density at radius 1 is 1.50 bits per heavy atom. The van der Waals surface area contributed by atoms with Gasteiger partial charge in [-0.3, -0.25) is 14.0 Å². The third-order valence-electron chi connectivity index (χ3n) is 1.44. The average molecular weight is 178 g/mol. The molecule has 5 N–H and O–H groups in total. The summed E-state index contributed by atoms with van der Waals surface area (Å²) in [5, 5.41) is 8.31. The van der Waals surface area contributed by atoms with Crippen LogP contribution in [0.5, 0.6) is 0 Å². The summed E-state index contributed by atoms with van der Waals surface area (Å²) in [6, 6.07) is -1.24. The summed E-state index contributed by atoms with van der Waals surface area (Å²) in [5.41, 5.74) is 9.82. The van der Waals surface area contributed by atoms with Crippen molar-refractivity contribution >= 4 is 11.9 Å². The molecule has 0 radical (unpaired) electrons. The van der Waals surface area contributed by atoms with Gasteiger partial charge in [-0.1, -0.05) is 0 Å². The number of carboxylic acids is 1. The van der Waals surface area contributed by atoms with Crippen LogP contribution in [0.2, 0.25) is 0 Å². The van der Waals surface area contributed by atoms with Crippen molar-refractivity contribution in [1.82, 2.24) is 0 Å². The van der Waals surface area contributed by atoms with Crippen LogP contribution in [-0.2, 0) is 9.59 Å². The summed E-state index contributed by atoms with van der Waals surface area (Å²) in [7, 11) is 0. The topological polar surface area (TPSA) is 106 Å². The molecule has 0 aromatic carbocycles. The Morgan fingerprint density at radius 3 is 2.25 bits per heavy atom. The quantitative estimate of drug-likeness (QED) is 0.494. The van der Waals surface area contributed by atoms with Gasteiger partial charge in [0.05, 0.1) is 5.92 Å². The highest BCUT2D eigenvalue weighted by atomic mass is 19.1. The third kappa shape index (κ3) is 3.29. The number of halogens is 1. The molecular weight excluding hydrogens is 167 g/mol. The summed E-state index contributed by atoms with van der Waals surface area (Å²) in [4.78, 5) is 20.6. The standard InChI is InChI=1S/C6H11FN2O3/c7-2-3(5(9)10)1-4(8)6(11)12/h3-4H,1-2,8H2,(H2,9,10)(H,11,12). The third-order valence-corrected chi connectivity index (χ3v) is 1.44. The predicted molar refractivity (Wildman–Crippen MR) is 38.9 cm³/mol. The molecule has 0 saturated carbocycles. The average Bonchev–Trinajstić information content (AvgIpc) is 1.98. The van der Waals surface area contributed by atoms with Gasteiger partial charge in [0.25, 0.3) is 0 Å². The normalized spacial score (nSPS) is 15.2. The maximum atomic E-state index is 12.0. The molecule has 0 spiro atoms. The Labute approximate surface area is 68.5 Å². The van der Waals surface area contributed by atoms with Gasteiger partial charge >= 0.3 is 5.97 Å². The van der Waals surface area contributed by atoms with Crippen LogP contribution < -0.4 is 11.5 Å². The second kappa shape index (κ2) is 4.66. The number of primary amides is 1. The fourth-order valence-electron chi connectivity index (χ4n) is 0.663. The van der Waals surface area contributed by atoms with E-state index in [1.807, 2.05) is 0 Å². The van der Waals surface area contributed by atoms with Gasteiger partial charge in [0.2, 0.25) is 5.91 Å². The lowest BCUT2D eigenvalue weighted by molar-refractivity contribution is -0.139. The van der Waals surface area contributed by atoms with Gasteiger partial charge in [-0.15, -0.1) is 0 Å². The molecule has 1 amide bonds. The van der Waals surface area contributed by atoms with E-state index in [4.69, 9.17) is 16.6 Å². The molecule has 0 heterocycles. The molecule has 12 heavy (non-hydrogen) atoms. The number of alkyl halides is 1. The van der Waals surface area contributed by atoms with Gasteiger partial charge in [0.1, 0.15) is 12.7 Å². The highest BCUT2D eigenvalue weighted by Crippen LogP contribution is 2.05. The highest BCUT2D eigenvalue weighted by Gasteiger charge is 2.22. The number of carboxylic acid groups (broad SMARTS) is 1. The van der Waals surface area contributed by atoms with Gasteiger partial charge in [-0.25, -0.2) is 0 Å². The Kier molecular flexibility index (Phi) is 4.20. The van der Waals surface area contributed by atoms with Gasteiger partial charge in [0.15, 0.2) is 0 Å². The lowest BCUT2D eigenvalue weighted by Gasteiger charge is -2.11. The molecule has 0 aliphatic heterocycles. The van der Waals surface area contributed by atoms with E-state index < -0.39 is 30.5 Å². The van der Waals surface area contributed by atoms with E-state index in [0.29, 0.717) is 0 Å². The number of rotatable bonds is 5. The molecule has 2 atom stereocenters. The Balaban J connectivity index is 4.02. The van der Waals surface area contributed by atoms with Crippen molar-refractivity contribution in [3.8, 4) is 0 Å². The van der Waals surface area contributed by atoms with E-state index in [0.717, 1.165) is 0 Å². The number of carbonyl (C=O) groups is 2. The van der Waals surface area contributed by atoms with Crippen LogP contribution in [0.1, 0.15) is 6.42 Å². The first kappa shape index (κ1) is 10.8. The molecule has 0 fully saturated rings. The first-order valence-corrected chi connectivity index (χ1v) is 3.32. The van der Waals surface area contributed by atoms with Crippen LogP contribution in [0.25, 0.3) is 0 Å². The second-order valence-electron chi connectivity index (χ2n) is 2.43. The van der Waals surface area contributed by atoms with Crippen molar-refractivity contribution in [3.05, 3.63) is 0 Å². The van der Waals surface area contributed by atoms with Crippen molar-refractivity contribution < 1.29 is 19.1 Å². The predicted octanol–water partition coefficient (Wildman–Crippen LogP) is -1.14. The Bertz CT molecular complexity index is 186. The smallest absolute Gasteiger partial charge is 0.320 e. The molecule has 0 rings (SSSR count). The number of hydrogen-bond donors (Lipinski definition) is 3. The Hall–Kier alpha value is -1.17. The fourth-order valence-corrected chi connectivity index (χ4v) is 0.663. The molecule has 0 saturated heterocycles. The number of nitrogens with two attached hydrogens (primary N) is 2. The van der Waals surface area contributed by atoms with E-state index in [1.165, 1.54) is 0 Å². The monoisotopic (exact) mass is 178 g/mol. The minimum absolute atomic E-state index is 0.263. The summed E-state index contributed by atoms with van der Waals surface area (Å²) in [6.07, 6.45) is -0.263. The van der Waals surface area contributed by atoms with E-state index in [1.54, 1.807) is 0 Å². The maximum Gasteiger partial charge on any atom is 0.320 e. The molecular formula is C6H11FN2O3. The van der Waals surface area contributed by atoms with Crippen molar-refractivity contribution in [2.24, 2.45) is 17.4 Å². The number of carbonyl (C=O) groups excluding carboxylic acids is 1. The zero-order chi connectivity index (χ0) is 9.72. The van der Waals surface area contributed by atoms with Crippen LogP contribution in [0.15, 0.2) is 0 Å². The van der Waals surface area contributed by atoms with Crippen molar-refractivity contribution in [3.63, 3.8) is 0 Å². The number of amides is 1. The van der Waals surface area contributed by atoms with E-state index in [2.05, 4.69) is 0 Å². The molecule has 0 bridgehead atoms. The van der Waals surface area contributed by atoms with Crippen LogP contribution in [0.4, 0.5) is 4.39 Å². The molecule has 0 aromatic heterocycles. The van der Waals surface area contributed by atoms with Gasteiger partial charge < -0.3 is 16.6 Å². The van der Waals surface area contributed by atoms with Crippen LogP contribution in [0, 0.1) is 5.92 Å². The first-order valence-electron chi connectivity index (χ1n) is 3.32. The van der Waals surface area contributed by atoms with Crippen molar-refractivity contribution in [2.45, 2.75) is 12.5 Å². The molecule has 6 heteroatoms. The van der Waals surface area contributed by atoms with Crippen LogP contribution in [-0.4, -0.2) is 29.7 Å². The van der Waals surface area contributed by atoms with Gasteiger partial charge in [0, 0.05) is 0 Å².